The normalized spacial score (nSPS) is 13.7. The molecule has 21 heavy (non-hydrogen) atoms. The molecule has 1 N–H and O–H groups in total. The van der Waals surface area contributed by atoms with Gasteiger partial charge >= 0.3 is 5.97 Å². The van der Waals surface area contributed by atoms with Crippen LogP contribution in [-0.4, -0.2) is 16.0 Å². The molecule has 0 amide bonds. The number of carboxylic acids is 1. The van der Waals surface area contributed by atoms with Gasteiger partial charge in [0, 0.05) is 19.6 Å². The SMILES string of the molecule is N#Cc1cccc(CN2Cc3ccc(C(=O)O)cc3C2)c1. The number of hydrogen-bond donors (Lipinski definition) is 1. The van der Waals surface area contributed by atoms with E-state index >= 15 is 0 Å². The molecule has 0 spiro atoms. The van der Waals surface area contributed by atoms with Crippen molar-refractivity contribution in [3.8, 4) is 6.07 Å². The Morgan fingerprint density at radius 3 is 2.76 bits per heavy atom. The molecule has 0 saturated heterocycles. The van der Waals surface area contributed by atoms with Gasteiger partial charge in [-0.05, 0) is 41.0 Å². The van der Waals surface area contributed by atoms with E-state index in [1.54, 1.807) is 18.2 Å². The quantitative estimate of drug-likeness (QED) is 0.937. The second-order valence-electron chi connectivity index (χ2n) is 5.25. The number of nitrogens with zero attached hydrogens (tertiary/aromatic N) is 2. The van der Waals surface area contributed by atoms with Crippen molar-refractivity contribution in [3.05, 3.63) is 70.3 Å². The summed E-state index contributed by atoms with van der Waals surface area (Å²) < 4.78 is 0. The van der Waals surface area contributed by atoms with Gasteiger partial charge in [0.05, 0.1) is 17.2 Å². The van der Waals surface area contributed by atoms with Crippen LogP contribution in [0.15, 0.2) is 42.5 Å². The van der Waals surface area contributed by atoms with E-state index in [0.29, 0.717) is 11.1 Å². The average Bonchev–Trinajstić information content (AvgIpc) is 2.88. The Balaban J connectivity index is 1.75. The predicted octanol–water partition coefficient (Wildman–Crippen LogP) is 2.77. The summed E-state index contributed by atoms with van der Waals surface area (Å²) in [6, 6.07) is 15.0. The topological polar surface area (TPSA) is 64.3 Å². The lowest BCUT2D eigenvalue weighted by molar-refractivity contribution is 0.0696. The summed E-state index contributed by atoms with van der Waals surface area (Å²) in [5.74, 6) is -0.891. The van der Waals surface area contributed by atoms with E-state index in [4.69, 9.17) is 10.4 Å². The van der Waals surface area contributed by atoms with Gasteiger partial charge in [0.25, 0.3) is 0 Å². The minimum absolute atomic E-state index is 0.335. The van der Waals surface area contributed by atoms with Gasteiger partial charge in [-0.15, -0.1) is 0 Å². The molecule has 3 rings (SSSR count). The number of fused-ring (bicyclic) bond motifs is 1. The molecular weight excluding hydrogens is 264 g/mol. The maximum Gasteiger partial charge on any atom is 0.335 e. The maximum absolute atomic E-state index is 11.0. The lowest BCUT2D eigenvalue weighted by atomic mass is 10.1. The average molecular weight is 278 g/mol. The maximum atomic E-state index is 11.0. The molecule has 4 heteroatoms. The fraction of sp³-hybridized carbons (Fsp3) is 0.176. The van der Waals surface area contributed by atoms with Gasteiger partial charge in [0.2, 0.25) is 0 Å². The molecule has 0 atom stereocenters. The molecule has 0 bridgehead atoms. The first kappa shape index (κ1) is 13.3. The van der Waals surface area contributed by atoms with Crippen molar-refractivity contribution in [2.75, 3.05) is 0 Å². The van der Waals surface area contributed by atoms with E-state index in [1.165, 1.54) is 5.56 Å². The second-order valence-corrected chi connectivity index (χ2v) is 5.25. The summed E-state index contributed by atoms with van der Waals surface area (Å²) in [7, 11) is 0. The molecule has 0 aromatic heterocycles. The third-order valence-corrected chi connectivity index (χ3v) is 3.70. The highest BCUT2D eigenvalue weighted by Gasteiger charge is 2.20. The zero-order valence-corrected chi connectivity index (χ0v) is 11.4. The van der Waals surface area contributed by atoms with E-state index in [-0.39, 0.29) is 0 Å². The van der Waals surface area contributed by atoms with Crippen LogP contribution in [0.25, 0.3) is 0 Å². The summed E-state index contributed by atoms with van der Waals surface area (Å²) in [6.45, 7) is 2.31. The van der Waals surface area contributed by atoms with Gasteiger partial charge in [0.1, 0.15) is 0 Å². The summed E-state index contributed by atoms with van der Waals surface area (Å²) >= 11 is 0. The minimum atomic E-state index is -0.891. The smallest absolute Gasteiger partial charge is 0.335 e. The Labute approximate surface area is 122 Å². The van der Waals surface area contributed by atoms with Crippen LogP contribution in [0.3, 0.4) is 0 Å². The number of carboxylic acid groups (broad SMARTS) is 1. The van der Waals surface area contributed by atoms with Crippen molar-refractivity contribution in [2.24, 2.45) is 0 Å². The highest BCUT2D eigenvalue weighted by molar-refractivity contribution is 5.87. The standard InChI is InChI=1S/C17H14N2O2/c18-8-12-2-1-3-13(6-12)9-19-10-15-5-4-14(17(20)21)7-16(15)11-19/h1-7H,9-11H2,(H,20,21). The minimum Gasteiger partial charge on any atom is -0.478 e. The number of benzene rings is 2. The summed E-state index contributed by atoms with van der Waals surface area (Å²) in [5, 5.41) is 18.0. The van der Waals surface area contributed by atoms with Crippen molar-refractivity contribution in [2.45, 2.75) is 19.6 Å². The zero-order valence-electron chi connectivity index (χ0n) is 11.4. The largest absolute Gasteiger partial charge is 0.478 e. The molecule has 1 aliphatic heterocycles. The van der Waals surface area contributed by atoms with Gasteiger partial charge in [0.15, 0.2) is 0 Å². The van der Waals surface area contributed by atoms with Crippen LogP contribution < -0.4 is 0 Å². The first-order valence-corrected chi connectivity index (χ1v) is 6.72. The molecule has 2 aromatic carbocycles. The van der Waals surface area contributed by atoms with E-state index in [9.17, 15) is 4.79 Å². The zero-order chi connectivity index (χ0) is 14.8. The molecule has 0 unspecified atom stereocenters. The molecule has 104 valence electrons. The first-order valence-electron chi connectivity index (χ1n) is 6.72. The van der Waals surface area contributed by atoms with Crippen LogP contribution in [0.5, 0.6) is 0 Å². The van der Waals surface area contributed by atoms with Crippen molar-refractivity contribution in [1.82, 2.24) is 4.90 Å². The van der Waals surface area contributed by atoms with Crippen LogP contribution in [0.2, 0.25) is 0 Å². The molecule has 4 nitrogen and oxygen atoms in total. The fourth-order valence-corrected chi connectivity index (χ4v) is 2.71. The van der Waals surface area contributed by atoms with Crippen LogP contribution in [-0.2, 0) is 19.6 Å². The van der Waals surface area contributed by atoms with Crippen LogP contribution in [0.1, 0.15) is 32.6 Å². The molecule has 0 aliphatic carbocycles. The van der Waals surface area contributed by atoms with Gasteiger partial charge < -0.3 is 5.11 Å². The number of hydrogen-bond acceptors (Lipinski definition) is 3. The third-order valence-electron chi connectivity index (χ3n) is 3.70. The first-order chi connectivity index (χ1) is 10.2. The van der Waals surface area contributed by atoms with Crippen LogP contribution in [0, 0.1) is 11.3 Å². The Kier molecular flexibility index (Phi) is 3.43. The van der Waals surface area contributed by atoms with Gasteiger partial charge in [-0.2, -0.15) is 5.26 Å². The molecular formula is C17H14N2O2. The third kappa shape index (κ3) is 2.78. The summed E-state index contributed by atoms with van der Waals surface area (Å²) in [4.78, 5) is 13.2. The van der Waals surface area contributed by atoms with Crippen LogP contribution in [0.4, 0.5) is 0 Å². The molecule has 0 saturated carbocycles. The predicted molar refractivity (Wildman–Crippen MR) is 77.5 cm³/mol. The van der Waals surface area contributed by atoms with Crippen molar-refractivity contribution >= 4 is 5.97 Å². The van der Waals surface area contributed by atoms with Gasteiger partial charge in [-0.3, -0.25) is 4.90 Å². The second kappa shape index (κ2) is 5.39. The summed E-state index contributed by atoms with van der Waals surface area (Å²) in [5.41, 5.74) is 4.35. The molecule has 0 fully saturated rings. The lowest BCUT2D eigenvalue weighted by Crippen LogP contribution is -2.15. The van der Waals surface area contributed by atoms with E-state index in [2.05, 4.69) is 11.0 Å². The number of nitriles is 1. The Morgan fingerprint density at radius 2 is 2.00 bits per heavy atom. The van der Waals surface area contributed by atoms with Crippen molar-refractivity contribution in [3.63, 3.8) is 0 Å². The van der Waals surface area contributed by atoms with Crippen molar-refractivity contribution in [1.29, 1.82) is 5.26 Å². The Bertz CT molecular complexity index is 747. The number of carbonyl (C=O) groups is 1. The number of aromatic carboxylic acids is 1. The Morgan fingerprint density at radius 1 is 1.19 bits per heavy atom. The van der Waals surface area contributed by atoms with E-state index < -0.39 is 5.97 Å². The lowest BCUT2D eigenvalue weighted by Gasteiger charge is -2.14. The highest BCUT2D eigenvalue weighted by Crippen LogP contribution is 2.25. The Hall–Kier alpha value is -2.64. The molecule has 1 heterocycles. The monoisotopic (exact) mass is 278 g/mol. The molecule has 0 radical (unpaired) electrons. The van der Waals surface area contributed by atoms with Gasteiger partial charge in [-0.25, -0.2) is 4.79 Å². The fourth-order valence-electron chi connectivity index (χ4n) is 2.71. The number of rotatable bonds is 3. The van der Waals surface area contributed by atoms with E-state index in [1.807, 2.05) is 24.3 Å². The molecule has 1 aliphatic rings. The highest BCUT2D eigenvalue weighted by atomic mass is 16.4. The van der Waals surface area contributed by atoms with Crippen molar-refractivity contribution < 1.29 is 9.90 Å². The summed E-state index contributed by atoms with van der Waals surface area (Å²) in [6.07, 6.45) is 0. The van der Waals surface area contributed by atoms with Gasteiger partial charge in [-0.1, -0.05) is 18.2 Å². The molecule has 2 aromatic rings. The van der Waals surface area contributed by atoms with E-state index in [0.717, 1.165) is 30.8 Å². The van der Waals surface area contributed by atoms with Crippen LogP contribution >= 0.6 is 0 Å².